The van der Waals surface area contributed by atoms with E-state index in [2.05, 4.69) is 4.90 Å². The molecule has 0 aromatic heterocycles. The Labute approximate surface area is 188 Å². The molecule has 3 heterocycles. The van der Waals surface area contributed by atoms with Crippen LogP contribution in [0.25, 0.3) is 0 Å². The van der Waals surface area contributed by atoms with Crippen molar-refractivity contribution in [2.24, 2.45) is 5.73 Å². The average molecular weight is 468 g/mol. The lowest BCUT2D eigenvalue weighted by molar-refractivity contribution is -0.0435. The van der Waals surface area contributed by atoms with Crippen LogP contribution in [0.2, 0.25) is 0 Å². The van der Waals surface area contributed by atoms with Crippen LogP contribution in [-0.4, -0.2) is 54.7 Å². The molecule has 3 atom stereocenters. The molecule has 0 unspecified atom stereocenters. The van der Waals surface area contributed by atoms with Gasteiger partial charge in [-0.1, -0.05) is 12.8 Å². The Kier molecular flexibility index (Phi) is 5.92. The normalized spacial score (nSPS) is 29.7. The molecule has 2 fully saturated rings. The van der Waals surface area contributed by atoms with E-state index in [0.29, 0.717) is 26.0 Å². The maximum atomic E-state index is 14.2. The van der Waals surface area contributed by atoms with Gasteiger partial charge in [-0.15, -0.1) is 0 Å². The highest BCUT2D eigenvalue weighted by molar-refractivity contribution is 7.89. The minimum absolute atomic E-state index is 0.000458. The van der Waals surface area contributed by atoms with Crippen LogP contribution in [0.3, 0.4) is 0 Å². The minimum Gasteiger partial charge on any atom is -0.370 e. The zero-order valence-electron chi connectivity index (χ0n) is 18.2. The summed E-state index contributed by atoms with van der Waals surface area (Å²) in [6.07, 6.45) is 5.73. The maximum absolute atomic E-state index is 14.2. The van der Waals surface area contributed by atoms with Crippen molar-refractivity contribution in [3.05, 3.63) is 46.8 Å². The van der Waals surface area contributed by atoms with Gasteiger partial charge in [0.2, 0.25) is 10.0 Å². The quantitative estimate of drug-likeness (QED) is 0.735. The fourth-order valence-electron chi connectivity index (χ4n) is 5.92. The third-order valence-corrected chi connectivity index (χ3v) is 9.81. The van der Waals surface area contributed by atoms with Crippen LogP contribution in [0.4, 0.5) is 8.78 Å². The zero-order valence-corrected chi connectivity index (χ0v) is 19.0. The molecule has 1 saturated heterocycles. The SMILES string of the molecule is N[C@H]1C[C@@H](N2CCC3=C2CCCN3S(=O)(=O)C2CCCC2)CO[C@@H]1c1cc(F)ccc1F. The Morgan fingerprint density at radius 2 is 1.81 bits per heavy atom. The summed E-state index contributed by atoms with van der Waals surface area (Å²) in [5.74, 6) is -1.03. The van der Waals surface area contributed by atoms with Crippen molar-refractivity contribution in [1.82, 2.24) is 9.21 Å². The van der Waals surface area contributed by atoms with Crippen molar-refractivity contribution in [3.8, 4) is 0 Å². The lowest BCUT2D eigenvalue weighted by Crippen LogP contribution is -2.48. The molecule has 2 N–H and O–H groups in total. The smallest absolute Gasteiger partial charge is 0.237 e. The number of ether oxygens (including phenoxy) is 1. The molecule has 0 bridgehead atoms. The number of benzene rings is 1. The highest BCUT2D eigenvalue weighted by Gasteiger charge is 2.43. The van der Waals surface area contributed by atoms with E-state index in [1.165, 1.54) is 0 Å². The van der Waals surface area contributed by atoms with Crippen molar-refractivity contribution in [1.29, 1.82) is 0 Å². The van der Waals surface area contributed by atoms with E-state index in [9.17, 15) is 17.2 Å². The second-order valence-corrected chi connectivity index (χ2v) is 11.6. The van der Waals surface area contributed by atoms with Gasteiger partial charge in [-0.3, -0.25) is 4.31 Å². The van der Waals surface area contributed by atoms with E-state index >= 15 is 0 Å². The summed E-state index contributed by atoms with van der Waals surface area (Å²) in [6, 6.07) is 2.87. The molecular formula is C23H31F2N3O3S. The molecule has 1 aliphatic carbocycles. The van der Waals surface area contributed by atoms with Crippen LogP contribution < -0.4 is 5.73 Å². The van der Waals surface area contributed by atoms with Crippen LogP contribution in [0.5, 0.6) is 0 Å². The minimum atomic E-state index is -3.32. The Morgan fingerprint density at radius 3 is 2.56 bits per heavy atom. The molecule has 0 spiro atoms. The number of nitrogens with two attached hydrogens (primary N) is 1. The zero-order chi connectivity index (χ0) is 22.5. The molecule has 1 aromatic carbocycles. The van der Waals surface area contributed by atoms with Gasteiger partial charge in [0, 0.05) is 42.5 Å². The Morgan fingerprint density at radius 1 is 1.03 bits per heavy atom. The molecule has 5 rings (SSSR count). The predicted molar refractivity (Wildman–Crippen MR) is 117 cm³/mol. The summed E-state index contributed by atoms with van der Waals surface area (Å²) in [6.45, 7) is 1.65. The average Bonchev–Trinajstić information content (AvgIpc) is 3.46. The van der Waals surface area contributed by atoms with Crippen LogP contribution in [0.15, 0.2) is 29.6 Å². The van der Waals surface area contributed by atoms with E-state index in [0.717, 1.165) is 74.7 Å². The van der Waals surface area contributed by atoms with Crippen molar-refractivity contribution in [2.45, 2.75) is 74.8 Å². The van der Waals surface area contributed by atoms with E-state index in [1.54, 1.807) is 4.31 Å². The summed E-state index contributed by atoms with van der Waals surface area (Å²) >= 11 is 0. The second-order valence-electron chi connectivity index (χ2n) is 9.44. The van der Waals surface area contributed by atoms with E-state index < -0.39 is 33.8 Å². The first-order chi connectivity index (χ1) is 15.4. The fraction of sp³-hybridized carbons (Fsp3) is 0.652. The molecule has 4 aliphatic rings. The molecule has 1 aromatic rings. The van der Waals surface area contributed by atoms with Gasteiger partial charge in [0.15, 0.2) is 0 Å². The molecule has 3 aliphatic heterocycles. The van der Waals surface area contributed by atoms with Gasteiger partial charge in [-0.25, -0.2) is 17.2 Å². The van der Waals surface area contributed by atoms with Gasteiger partial charge in [0.25, 0.3) is 0 Å². The van der Waals surface area contributed by atoms with E-state index in [-0.39, 0.29) is 16.9 Å². The summed E-state index contributed by atoms with van der Waals surface area (Å²) in [7, 11) is -3.32. The van der Waals surface area contributed by atoms with Crippen molar-refractivity contribution >= 4 is 10.0 Å². The van der Waals surface area contributed by atoms with Gasteiger partial charge in [-0.2, -0.15) is 0 Å². The molecule has 6 nitrogen and oxygen atoms in total. The van der Waals surface area contributed by atoms with Crippen LogP contribution >= 0.6 is 0 Å². The van der Waals surface area contributed by atoms with Crippen molar-refractivity contribution in [3.63, 3.8) is 0 Å². The molecular weight excluding hydrogens is 436 g/mol. The number of hydrogen-bond donors (Lipinski definition) is 1. The lowest BCUT2D eigenvalue weighted by atomic mass is 9.93. The highest BCUT2D eigenvalue weighted by Crippen LogP contribution is 2.41. The predicted octanol–water partition coefficient (Wildman–Crippen LogP) is 3.41. The largest absolute Gasteiger partial charge is 0.370 e. The molecule has 9 heteroatoms. The first kappa shape index (κ1) is 22.1. The maximum Gasteiger partial charge on any atom is 0.237 e. The third kappa shape index (κ3) is 3.82. The first-order valence-electron chi connectivity index (χ1n) is 11.7. The molecule has 176 valence electrons. The Bertz CT molecular complexity index is 1010. The number of hydrogen-bond acceptors (Lipinski definition) is 5. The van der Waals surface area contributed by atoms with Gasteiger partial charge in [0.1, 0.15) is 17.7 Å². The topological polar surface area (TPSA) is 75.9 Å². The number of rotatable bonds is 4. The fourth-order valence-corrected chi connectivity index (χ4v) is 8.09. The van der Waals surface area contributed by atoms with E-state index in [4.69, 9.17) is 10.5 Å². The monoisotopic (exact) mass is 467 g/mol. The van der Waals surface area contributed by atoms with Gasteiger partial charge in [-0.05, 0) is 50.3 Å². The van der Waals surface area contributed by atoms with Crippen molar-refractivity contribution in [2.75, 3.05) is 19.7 Å². The van der Waals surface area contributed by atoms with Gasteiger partial charge >= 0.3 is 0 Å². The molecule has 1 saturated carbocycles. The summed E-state index contributed by atoms with van der Waals surface area (Å²) in [5, 5.41) is -0.253. The number of halogens is 2. The Hall–Kier alpha value is -1.71. The second kappa shape index (κ2) is 8.57. The first-order valence-corrected chi connectivity index (χ1v) is 13.2. The van der Waals surface area contributed by atoms with Crippen molar-refractivity contribution < 1.29 is 21.9 Å². The third-order valence-electron chi connectivity index (χ3n) is 7.48. The number of nitrogens with zero attached hydrogens (tertiary/aromatic N) is 2. The molecule has 0 radical (unpaired) electrons. The van der Waals surface area contributed by atoms with Gasteiger partial charge in [0.05, 0.1) is 17.9 Å². The van der Waals surface area contributed by atoms with E-state index in [1.807, 2.05) is 0 Å². The standard InChI is InChI=1S/C23H31F2N3O3S/c24-15-7-8-19(25)18(12-15)23-20(26)13-16(14-31-23)27-11-9-22-21(27)6-3-10-28(22)32(29,30)17-4-1-2-5-17/h7-8,12,16-17,20,23H,1-6,9-11,13-14,26H2/t16-,20+,23-/m1/s1. The summed E-state index contributed by atoms with van der Waals surface area (Å²) < 4.78 is 62.1. The van der Waals surface area contributed by atoms with Crippen LogP contribution in [-0.2, 0) is 14.8 Å². The highest BCUT2D eigenvalue weighted by atomic mass is 32.2. The number of sulfonamides is 1. The molecule has 0 amide bonds. The van der Waals surface area contributed by atoms with Crippen LogP contribution in [0, 0.1) is 11.6 Å². The Balaban J connectivity index is 1.33. The molecule has 32 heavy (non-hydrogen) atoms. The van der Waals surface area contributed by atoms with Gasteiger partial charge < -0.3 is 15.4 Å². The summed E-state index contributed by atoms with van der Waals surface area (Å²) in [5.41, 5.74) is 8.56. The lowest BCUT2D eigenvalue weighted by Gasteiger charge is -2.41. The number of allylic oxidation sites excluding steroid dienone is 1. The van der Waals surface area contributed by atoms with Crippen LogP contribution in [0.1, 0.15) is 63.0 Å². The summed E-state index contributed by atoms with van der Waals surface area (Å²) in [4.78, 5) is 2.25.